The zero-order valence-corrected chi connectivity index (χ0v) is 8.90. The summed E-state index contributed by atoms with van der Waals surface area (Å²) in [7, 11) is 0. The first kappa shape index (κ1) is 11.2. The van der Waals surface area contributed by atoms with E-state index in [0.717, 1.165) is 16.9 Å². The number of halogens is 1. The minimum Gasteiger partial charge on any atom is -0.308 e. The maximum atomic E-state index is 10.4. The van der Waals surface area contributed by atoms with E-state index < -0.39 is 4.92 Å². The van der Waals surface area contributed by atoms with Gasteiger partial charge in [0.2, 0.25) is 0 Å². The van der Waals surface area contributed by atoms with Crippen molar-refractivity contribution in [1.82, 2.24) is 5.32 Å². The topological polar surface area (TPSA) is 55.2 Å². The summed E-state index contributed by atoms with van der Waals surface area (Å²) in [4.78, 5) is 9.96. The lowest BCUT2D eigenvalue weighted by Gasteiger charge is -1.99. The number of thiophene rings is 1. The molecular formula is C8H9ClN2O2S. The first-order chi connectivity index (χ1) is 6.59. The molecule has 0 radical (unpaired) electrons. The van der Waals surface area contributed by atoms with Gasteiger partial charge in [-0.25, -0.2) is 0 Å². The van der Waals surface area contributed by atoms with Gasteiger partial charge in [0.15, 0.2) is 0 Å². The predicted molar refractivity (Wildman–Crippen MR) is 57.7 cm³/mol. The maximum absolute atomic E-state index is 10.4. The van der Waals surface area contributed by atoms with E-state index in [9.17, 15) is 10.1 Å². The van der Waals surface area contributed by atoms with Crippen LogP contribution in [0, 0.1) is 10.1 Å². The van der Waals surface area contributed by atoms with E-state index in [1.807, 2.05) is 0 Å². The molecule has 0 spiro atoms. The van der Waals surface area contributed by atoms with Crippen molar-refractivity contribution in [3.8, 4) is 0 Å². The Morgan fingerprint density at radius 3 is 3.00 bits per heavy atom. The average molecular weight is 233 g/mol. The summed E-state index contributed by atoms with van der Waals surface area (Å²) in [6.45, 7) is 4.59. The summed E-state index contributed by atoms with van der Waals surface area (Å²) in [5.41, 5.74) is 0.889. The second-order valence-electron chi connectivity index (χ2n) is 2.67. The molecule has 1 aromatic rings. The number of rotatable bonds is 5. The molecule has 6 heteroatoms. The van der Waals surface area contributed by atoms with Crippen LogP contribution in [-0.4, -0.2) is 11.5 Å². The van der Waals surface area contributed by atoms with Gasteiger partial charge in [0.05, 0.1) is 4.92 Å². The number of hydrogen-bond acceptors (Lipinski definition) is 4. The Labute approximate surface area is 90.3 Å². The van der Waals surface area contributed by atoms with Crippen LogP contribution in [-0.2, 0) is 6.54 Å². The van der Waals surface area contributed by atoms with E-state index in [1.165, 1.54) is 0 Å². The van der Waals surface area contributed by atoms with Crippen LogP contribution in [0.3, 0.4) is 0 Å². The van der Waals surface area contributed by atoms with Gasteiger partial charge in [-0.15, -0.1) is 0 Å². The van der Waals surface area contributed by atoms with Crippen molar-refractivity contribution in [2.75, 3.05) is 6.54 Å². The summed E-state index contributed by atoms with van der Waals surface area (Å²) >= 11 is 6.66. The van der Waals surface area contributed by atoms with Crippen molar-refractivity contribution in [1.29, 1.82) is 0 Å². The van der Waals surface area contributed by atoms with Gasteiger partial charge in [0, 0.05) is 29.6 Å². The Bertz CT molecular complexity index is 351. The fourth-order valence-electron chi connectivity index (χ4n) is 0.894. The molecule has 0 aliphatic carbocycles. The van der Waals surface area contributed by atoms with E-state index in [1.54, 1.807) is 11.4 Å². The van der Waals surface area contributed by atoms with Crippen molar-refractivity contribution in [3.05, 3.63) is 38.7 Å². The zero-order valence-electron chi connectivity index (χ0n) is 7.33. The fraction of sp³-hybridized carbons (Fsp3) is 0.250. The Kier molecular flexibility index (Phi) is 4.06. The van der Waals surface area contributed by atoms with Crippen LogP contribution in [0.2, 0.25) is 0 Å². The molecule has 4 nitrogen and oxygen atoms in total. The van der Waals surface area contributed by atoms with Crippen LogP contribution >= 0.6 is 22.9 Å². The molecular weight excluding hydrogens is 224 g/mol. The minimum atomic E-state index is -0.394. The number of nitrogens with one attached hydrogen (secondary N) is 1. The van der Waals surface area contributed by atoms with Gasteiger partial charge in [0.1, 0.15) is 0 Å². The molecule has 1 N–H and O–H groups in total. The Morgan fingerprint density at radius 2 is 2.50 bits per heavy atom. The van der Waals surface area contributed by atoms with E-state index in [4.69, 9.17) is 11.6 Å². The van der Waals surface area contributed by atoms with Gasteiger partial charge >= 0.3 is 5.00 Å². The largest absolute Gasteiger partial charge is 0.324 e. The molecule has 0 unspecified atom stereocenters. The predicted octanol–water partition coefficient (Wildman–Crippen LogP) is 2.50. The Balaban J connectivity index is 2.44. The molecule has 0 aliphatic heterocycles. The van der Waals surface area contributed by atoms with Crippen molar-refractivity contribution >= 4 is 27.9 Å². The van der Waals surface area contributed by atoms with Crippen molar-refractivity contribution in [2.45, 2.75) is 6.54 Å². The zero-order chi connectivity index (χ0) is 10.6. The lowest BCUT2D eigenvalue weighted by molar-refractivity contribution is -0.380. The highest BCUT2D eigenvalue weighted by Gasteiger charge is 2.08. The standard InChI is InChI=1S/C8H9ClN2O2S/c1-6(9)3-10-4-7-2-8(11(12)13)14-5-7/h2,5,10H,1,3-4H2. The number of nitrogens with zero attached hydrogens (tertiary/aromatic N) is 1. The fourth-order valence-corrected chi connectivity index (χ4v) is 1.72. The lowest BCUT2D eigenvalue weighted by Crippen LogP contribution is -2.13. The highest BCUT2D eigenvalue weighted by atomic mass is 35.5. The summed E-state index contributed by atoms with van der Waals surface area (Å²) in [6.07, 6.45) is 0. The van der Waals surface area contributed by atoms with E-state index >= 15 is 0 Å². The third kappa shape index (κ3) is 3.45. The smallest absolute Gasteiger partial charge is 0.308 e. The number of hydrogen-bond donors (Lipinski definition) is 1. The molecule has 0 amide bonds. The van der Waals surface area contributed by atoms with Gasteiger partial charge in [-0.1, -0.05) is 29.5 Å². The highest BCUT2D eigenvalue weighted by molar-refractivity contribution is 7.13. The molecule has 76 valence electrons. The van der Waals surface area contributed by atoms with Crippen LogP contribution in [0.15, 0.2) is 23.1 Å². The Morgan fingerprint density at radius 1 is 1.79 bits per heavy atom. The SMILES string of the molecule is C=C(Cl)CNCc1csc([N+](=O)[O-])c1. The first-order valence-corrected chi connectivity index (χ1v) is 5.11. The van der Waals surface area contributed by atoms with Gasteiger partial charge in [0.25, 0.3) is 0 Å². The third-order valence-electron chi connectivity index (χ3n) is 1.47. The molecule has 1 heterocycles. The monoisotopic (exact) mass is 232 g/mol. The van der Waals surface area contributed by atoms with E-state index in [0.29, 0.717) is 18.1 Å². The second kappa shape index (κ2) is 5.09. The average Bonchev–Trinajstić information content (AvgIpc) is 2.52. The molecule has 0 atom stereocenters. The van der Waals surface area contributed by atoms with Gasteiger partial charge < -0.3 is 5.32 Å². The molecule has 0 bridgehead atoms. The van der Waals surface area contributed by atoms with Crippen LogP contribution in [0.4, 0.5) is 5.00 Å². The summed E-state index contributed by atoms with van der Waals surface area (Å²) in [5.74, 6) is 0. The quantitative estimate of drug-likeness (QED) is 0.627. The molecule has 1 aromatic heterocycles. The second-order valence-corrected chi connectivity index (χ2v) is 4.10. The van der Waals surface area contributed by atoms with Crippen LogP contribution in [0.25, 0.3) is 0 Å². The molecule has 0 aromatic carbocycles. The van der Waals surface area contributed by atoms with Gasteiger partial charge in [-0.2, -0.15) is 0 Å². The van der Waals surface area contributed by atoms with Crippen LogP contribution in [0.5, 0.6) is 0 Å². The molecule has 0 fully saturated rings. The number of nitro groups is 1. The van der Waals surface area contributed by atoms with E-state index in [2.05, 4.69) is 11.9 Å². The lowest BCUT2D eigenvalue weighted by atomic mass is 10.3. The first-order valence-electron chi connectivity index (χ1n) is 3.85. The van der Waals surface area contributed by atoms with Gasteiger partial charge in [-0.3, -0.25) is 10.1 Å². The summed E-state index contributed by atoms with van der Waals surface area (Å²) < 4.78 is 0. The summed E-state index contributed by atoms with van der Waals surface area (Å²) in [6, 6.07) is 1.55. The summed E-state index contributed by atoms with van der Waals surface area (Å²) in [5, 5.41) is 15.8. The minimum absolute atomic E-state index is 0.159. The van der Waals surface area contributed by atoms with Crippen molar-refractivity contribution in [3.63, 3.8) is 0 Å². The third-order valence-corrected chi connectivity index (χ3v) is 2.53. The molecule has 1 rings (SSSR count). The molecule has 0 saturated carbocycles. The van der Waals surface area contributed by atoms with Crippen LogP contribution in [0.1, 0.15) is 5.56 Å². The van der Waals surface area contributed by atoms with Crippen LogP contribution < -0.4 is 5.32 Å². The van der Waals surface area contributed by atoms with Crippen molar-refractivity contribution in [2.24, 2.45) is 0 Å². The molecule has 0 saturated heterocycles. The maximum Gasteiger partial charge on any atom is 0.324 e. The van der Waals surface area contributed by atoms with Crippen molar-refractivity contribution < 1.29 is 4.92 Å². The molecule has 0 aliphatic rings. The van der Waals surface area contributed by atoms with E-state index in [-0.39, 0.29) is 5.00 Å². The molecule has 14 heavy (non-hydrogen) atoms. The highest BCUT2D eigenvalue weighted by Crippen LogP contribution is 2.22. The Hall–Kier alpha value is -0.910. The van der Waals surface area contributed by atoms with Gasteiger partial charge in [-0.05, 0) is 5.56 Å². The normalized spacial score (nSPS) is 10.1.